The van der Waals surface area contributed by atoms with Crippen LogP contribution in [0, 0.1) is 12.7 Å². The third-order valence-corrected chi connectivity index (χ3v) is 5.63. The molecule has 0 aromatic heterocycles. The quantitative estimate of drug-likeness (QED) is 0.146. The number of benzene rings is 3. The highest BCUT2D eigenvalue weighted by Gasteiger charge is 2.32. The van der Waals surface area contributed by atoms with Crippen molar-refractivity contribution < 1.29 is 27.1 Å². The molecule has 160 valence electrons. The number of carbonyl (C=O) groups excluding carboxylic acids is 1. The Bertz CT molecular complexity index is 1110. The number of ketones is 1. The van der Waals surface area contributed by atoms with Crippen molar-refractivity contribution in [2.24, 2.45) is 0 Å². The molecule has 0 spiro atoms. The lowest BCUT2D eigenvalue weighted by Gasteiger charge is -2.13. The average Bonchev–Trinajstić information content (AvgIpc) is 2.70. The average molecular weight is 511 g/mol. The van der Waals surface area contributed by atoms with Gasteiger partial charge >= 0.3 is 6.36 Å². The summed E-state index contributed by atoms with van der Waals surface area (Å²) < 4.78 is 56.7. The van der Waals surface area contributed by atoms with Crippen molar-refractivity contribution in [3.8, 4) is 5.75 Å². The smallest absolute Gasteiger partial charge is 0.405 e. The fourth-order valence-corrected chi connectivity index (χ4v) is 3.79. The van der Waals surface area contributed by atoms with Crippen LogP contribution < -0.4 is 4.74 Å². The van der Waals surface area contributed by atoms with Crippen LogP contribution in [0.15, 0.2) is 81.0 Å². The molecule has 0 aliphatic carbocycles. The lowest BCUT2D eigenvalue weighted by molar-refractivity contribution is -0.274. The summed E-state index contributed by atoms with van der Waals surface area (Å²) in [4.78, 5) is 14.0. The molecule has 0 heterocycles. The number of ether oxygens (including phenoxy) is 1. The normalized spacial score (nSPS) is 12.0. The van der Waals surface area contributed by atoms with Gasteiger partial charge in [0.1, 0.15) is 11.6 Å². The summed E-state index contributed by atoms with van der Waals surface area (Å²) in [6.07, 6.45) is -3.73. The molecule has 0 saturated heterocycles. The van der Waals surface area contributed by atoms with Gasteiger partial charge in [-0.3, -0.25) is 4.79 Å². The topological polar surface area (TPSA) is 26.3 Å². The number of allylic oxidation sites excluding steroid dienone is 1. The molecule has 0 atom stereocenters. The molecule has 0 amide bonds. The summed E-state index contributed by atoms with van der Waals surface area (Å²) in [5.74, 6) is -2.00. The van der Waals surface area contributed by atoms with E-state index < -0.39 is 17.9 Å². The van der Waals surface area contributed by atoms with Gasteiger partial charge in [0.2, 0.25) is 0 Å². The molecule has 0 bridgehead atoms. The molecule has 2 nitrogen and oxygen atoms in total. The SMILES string of the molecule is Cc1ccc(SC(=Cc2ccc(F)cc2OC(F)(F)F)C(=O)c2ccc(Br)cc2)cc1. The third-order valence-electron chi connectivity index (χ3n) is 4.07. The van der Waals surface area contributed by atoms with Gasteiger partial charge in [-0.25, -0.2) is 4.39 Å². The van der Waals surface area contributed by atoms with E-state index >= 15 is 0 Å². The second-order valence-corrected chi connectivity index (χ2v) is 8.52. The fraction of sp³-hybridized carbons (Fsp3) is 0.0870. The largest absolute Gasteiger partial charge is 0.573 e. The van der Waals surface area contributed by atoms with Crippen molar-refractivity contribution in [2.45, 2.75) is 18.2 Å². The van der Waals surface area contributed by atoms with Crippen LogP contribution in [0.1, 0.15) is 21.5 Å². The highest BCUT2D eigenvalue weighted by Crippen LogP contribution is 2.35. The van der Waals surface area contributed by atoms with Gasteiger partial charge in [-0.2, -0.15) is 0 Å². The van der Waals surface area contributed by atoms with Gasteiger partial charge in [-0.05, 0) is 61.5 Å². The van der Waals surface area contributed by atoms with Crippen LogP contribution in [-0.4, -0.2) is 12.1 Å². The molecular formula is C23H15BrF4O2S. The van der Waals surface area contributed by atoms with E-state index in [0.29, 0.717) is 11.6 Å². The number of thioether (sulfide) groups is 1. The molecule has 0 aliphatic heterocycles. The Morgan fingerprint density at radius 3 is 2.26 bits per heavy atom. The van der Waals surface area contributed by atoms with Crippen LogP contribution in [0.2, 0.25) is 0 Å². The van der Waals surface area contributed by atoms with Gasteiger partial charge in [-0.1, -0.05) is 45.4 Å². The standard InChI is InChI=1S/C23H15BrF4O2S/c1-14-2-10-19(11-3-14)31-21(22(29)15-4-7-17(24)8-5-15)12-16-6-9-18(25)13-20(16)30-23(26,27)28/h2-13H,1H3. The molecule has 8 heteroatoms. The first kappa shape index (κ1) is 23.1. The summed E-state index contributed by atoms with van der Waals surface area (Å²) in [7, 11) is 0. The molecule has 0 aliphatic rings. The lowest BCUT2D eigenvalue weighted by atomic mass is 10.1. The van der Waals surface area contributed by atoms with Gasteiger partial charge < -0.3 is 4.74 Å². The zero-order chi connectivity index (χ0) is 22.6. The molecule has 3 rings (SSSR count). The maximum absolute atomic E-state index is 13.6. The number of hydrogen-bond acceptors (Lipinski definition) is 3. The predicted molar refractivity (Wildman–Crippen MR) is 117 cm³/mol. The zero-order valence-corrected chi connectivity index (χ0v) is 18.4. The first-order chi connectivity index (χ1) is 14.6. The molecule has 0 saturated carbocycles. The molecule has 0 radical (unpaired) electrons. The second kappa shape index (κ2) is 9.70. The predicted octanol–water partition coefficient (Wildman–Crippen LogP) is 7.81. The van der Waals surface area contributed by atoms with Crippen molar-refractivity contribution in [1.29, 1.82) is 0 Å². The molecular weight excluding hydrogens is 496 g/mol. The highest BCUT2D eigenvalue weighted by atomic mass is 79.9. The van der Waals surface area contributed by atoms with Crippen LogP contribution >= 0.6 is 27.7 Å². The van der Waals surface area contributed by atoms with Crippen molar-refractivity contribution >= 4 is 39.6 Å². The van der Waals surface area contributed by atoms with Gasteiger partial charge in [0.05, 0.1) is 4.91 Å². The number of hydrogen-bond donors (Lipinski definition) is 0. The third kappa shape index (κ3) is 6.70. The van der Waals surface area contributed by atoms with E-state index in [4.69, 9.17) is 0 Å². The van der Waals surface area contributed by atoms with E-state index in [1.54, 1.807) is 36.4 Å². The number of alkyl halides is 3. The van der Waals surface area contributed by atoms with Crippen LogP contribution in [0.5, 0.6) is 5.75 Å². The highest BCUT2D eigenvalue weighted by molar-refractivity contribution is 9.10. The van der Waals surface area contributed by atoms with Crippen LogP contribution in [0.3, 0.4) is 0 Å². The number of halogens is 5. The van der Waals surface area contributed by atoms with E-state index in [1.165, 1.54) is 6.08 Å². The van der Waals surface area contributed by atoms with Gasteiger partial charge in [0.15, 0.2) is 5.78 Å². The molecule has 0 fully saturated rings. The minimum atomic E-state index is -5.00. The summed E-state index contributed by atoms with van der Waals surface area (Å²) in [5, 5.41) is 0. The van der Waals surface area contributed by atoms with E-state index in [-0.39, 0.29) is 16.3 Å². The Morgan fingerprint density at radius 1 is 1.00 bits per heavy atom. The molecule has 0 N–H and O–H groups in total. The van der Waals surface area contributed by atoms with Crippen LogP contribution in [0.25, 0.3) is 6.08 Å². The van der Waals surface area contributed by atoms with Crippen molar-refractivity contribution in [2.75, 3.05) is 0 Å². The Kier molecular flexibility index (Phi) is 7.23. The maximum atomic E-state index is 13.6. The lowest BCUT2D eigenvalue weighted by Crippen LogP contribution is -2.18. The second-order valence-electron chi connectivity index (χ2n) is 6.49. The van der Waals surface area contributed by atoms with E-state index in [0.717, 1.165) is 38.8 Å². The molecule has 3 aromatic rings. The van der Waals surface area contributed by atoms with Crippen LogP contribution in [-0.2, 0) is 0 Å². The summed E-state index contributed by atoms with van der Waals surface area (Å²) in [6.45, 7) is 1.91. The first-order valence-corrected chi connectivity index (χ1v) is 10.5. The number of Topliss-reactive ketones (excluding diaryl/α,β-unsaturated/α-hetero) is 1. The van der Waals surface area contributed by atoms with Crippen molar-refractivity contribution in [1.82, 2.24) is 0 Å². The number of rotatable bonds is 6. The van der Waals surface area contributed by atoms with Crippen molar-refractivity contribution in [3.63, 3.8) is 0 Å². The Morgan fingerprint density at radius 2 is 1.65 bits per heavy atom. The molecule has 0 unspecified atom stereocenters. The maximum Gasteiger partial charge on any atom is 0.573 e. The summed E-state index contributed by atoms with van der Waals surface area (Å²) in [6, 6.07) is 16.7. The van der Waals surface area contributed by atoms with E-state index in [2.05, 4.69) is 20.7 Å². The number of aryl methyl sites for hydroxylation is 1. The van der Waals surface area contributed by atoms with Gasteiger partial charge in [0.25, 0.3) is 0 Å². The van der Waals surface area contributed by atoms with Crippen LogP contribution in [0.4, 0.5) is 17.6 Å². The summed E-state index contributed by atoms with van der Waals surface area (Å²) in [5.41, 5.74) is 1.31. The minimum Gasteiger partial charge on any atom is -0.405 e. The van der Waals surface area contributed by atoms with Crippen molar-refractivity contribution in [3.05, 3.63) is 98.6 Å². The summed E-state index contributed by atoms with van der Waals surface area (Å²) >= 11 is 4.40. The van der Waals surface area contributed by atoms with Gasteiger partial charge in [-0.15, -0.1) is 13.2 Å². The zero-order valence-electron chi connectivity index (χ0n) is 16.0. The Balaban J connectivity index is 2.07. The minimum absolute atomic E-state index is 0.0706. The Hall–Kier alpha value is -2.58. The first-order valence-electron chi connectivity index (χ1n) is 8.92. The number of carbonyl (C=O) groups is 1. The van der Waals surface area contributed by atoms with Gasteiger partial charge in [0, 0.05) is 26.6 Å². The monoisotopic (exact) mass is 510 g/mol. The molecule has 3 aromatic carbocycles. The Labute approximate surface area is 189 Å². The fourth-order valence-electron chi connectivity index (χ4n) is 2.60. The van der Waals surface area contributed by atoms with E-state index in [9.17, 15) is 22.4 Å². The molecule has 31 heavy (non-hydrogen) atoms. The van der Waals surface area contributed by atoms with E-state index in [1.807, 2.05) is 19.1 Å².